The van der Waals surface area contributed by atoms with E-state index >= 15 is 0 Å². The minimum Gasteiger partial charge on any atom is -0.363 e. The lowest BCUT2D eigenvalue weighted by Gasteiger charge is -2.23. The van der Waals surface area contributed by atoms with Crippen molar-refractivity contribution in [3.8, 4) is 0 Å². The smallest absolute Gasteiger partial charge is 0.187 e. The zero-order valence-electron chi connectivity index (χ0n) is 9.03. The summed E-state index contributed by atoms with van der Waals surface area (Å²) in [5.41, 5.74) is 0.780. The molecular formula is C10H11Cl2N3O2. The number of ether oxygens (including phenoxy) is 2. The van der Waals surface area contributed by atoms with Crippen LogP contribution in [0, 0.1) is 0 Å². The van der Waals surface area contributed by atoms with Gasteiger partial charge in [-0.2, -0.15) is 0 Å². The Balaban J connectivity index is 1.84. The second-order valence-corrected chi connectivity index (χ2v) is 4.87. The highest BCUT2D eigenvalue weighted by atomic mass is 35.5. The van der Waals surface area contributed by atoms with E-state index in [1.165, 1.54) is 0 Å². The van der Waals surface area contributed by atoms with Crippen LogP contribution in [0.4, 0.5) is 5.69 Å². The molecule has 0 radical (unpaired) electrons. The fraction of sp³-hybridized carbons (Fsp3) is 0.600. The third kappa shape index (κ3) is 2.08. The van der Waals surface area contributed by atoms with Gasteiger partial charge in [0.05, 0.1) is 25.4 Å². The van der Waals surface area contributed by atoms with Gasteiger partial charge < -0.3 is 14.4 Å². The molecule has 92 valence electrons. The summed E-state index contributed by atoms with van der Waals surface area (Å²) in [6, 6.07) is 1.71. The predicted molar refractivity (Wildman–Crippen MR) is 63.5 cm³/mol. The van der Waals surface area contributed by atoms with E-state index in [0.29, 0.717) is 30.1 Å². The van der Waals surface area contributed by atoms with Crippen LogP contribution in [-0.4, -0.2) is 42.3 Å². The topological polar surface area (TPSA) is 47.5 Å². The van der Waals surface area contributed by atoms with Crippen molar-refractivity contribution in [1.82, 2.24) is 10.2 Å². The van der Waals surface area contributed by atoms with E-state index in [0.717, 1.165) is 18.7 Å². The van der Waals surface area contributed by atoms with Gasteiger partial charge in [-0.25, -0.2) is 0 Å². The molecule has 2 aliphatic rings. The Morgan fingerprint density at radius 2 is 2.00 bits per heavy atom. The highest BCUT2D eigenvalue weighted by molar-refractivity contribution is 6.33. The first-order valence-electron chi connectivity index (χ1n) is 5.40. The maximum absolute atomic E-state index is 6.02. The molecule has 2 fully saturated rings. The summed E-state index contributed by atoms with van der Waals surface area (Å²) >= 11 is 11.8. The van der Waals surface area contributed by atoms with Gasteiger partial charge in [0.15, 0.2) is 16.1 Å². The molecular weight excluding hydrogens is 265 g/mol. The molecule has 17 heavy (non-hydrogen) atoms. The van der Waals surface area contributed by atoms with Crippen LogP contribution in [0.15, 0.2) is 6.07 Å². The zero-order chi connectivity index (χ0) is 11.9. The first kappa shape index (κ1) is 11.5. The third-order valence-corrected chi connectivity index (χ3v) is 3.50. The normalized spacial score (nSPS) is 22.6. The molecule has 0 bridgehead atoms. The van der Waals surface area contributed by atoms with Crippen molar-refractivity contribution >= 4 is 28.9 Å². The summed E-state index contributed by atoms with van der Waals surface area (Å²) in [6.07, 6.45) is 0.823. The lowest BCUT2D eigenvalue weighted by Crippen LogP contribution is -2.34. The Morgan fingerprint density at radius 1 is 1.24 bits per heavy atom. The van der Waals surface area contributed by atoms with Gasteiger partial charge in [0.25, 0.3) is 0 Å². The molecule has 0 aliphatic carbocycles. The SMILES string of the molecule is Clc1cc(N2CCC3(C2)OCCO3)c(Cl)nn1. The molecule has 1 spiro atoms. The molecule has 5 nitrogen and oxygen atoms in total. The molecule has 0 unspecified atom stereocenters. The van der Waals surface area contributed by atoms with E-state index in [4.69, 9.17) is 32.7 Å². The van der Waals surface area contributed by atoms with Crippen molar-refractivity contribution in [2.45, 2.75) is 12.2 Å². The lowest BCUT2D eigenvalue weighted by atomic mass is 10.2. The van der Waals surface area contributed by atoms with Gasteiger partial charge in [0.1, 0.15) is 0 Å². The van der Waals surface area contributed by atoms with Gasteiger partial charge in [-0.15, -0.1) is 10.2 Å². The molecule has 3 heterocycles. The molecule has 1 aromatic heterocycles. The number of anilines is 1. The average molecular weight is 276 g/mol. The molecule has 2 aliphatic heterocycles. The van der Waals surface area contributed by atoms with Gasteiger partial charge in [0, 0.05) is 19.0 Å². The van der Waals surface area contributed by atoms with Gasteiger partial charge in [-0.3, -0.25) is 0 Å². The average Bonchev–Trinajstić information content (AvgIpc) is 2.94. The molecule has 7 heteroatoms. The van der Waals surface area contributed by atoms with Crippen LogP contribution in [0.2, 0.25) is 10.3 Å². The summed E-state index contributed by atoms with van der Waals surface area (Å²) in [4.78, 5) is 2.06. The van der Waals surface area contributed by atoms with E-state index < -0.39 is 5.79 Å². The van der Waals surface area contributed by atoms with Crippen molar-refractivity contribution in [3.63, 3.8) is 0 Å². The number of aromatic nitrogens is 2. The maximum Gasteiger partial charge on any atom is 0.187 e. The van der Waals surface area contributed by atoms with Gasteiger partial charge in [-0.1, -0.05) is 23.2 Å². The monoisotopic (exact) mass is 275 g/mol. The van der Waals surface area contributed by atoms with Crippen LogP contribution in [0.1, 0.15) is 6.42 Å². The first-order valence-corrected chi connectivity index (χ1v) is 6.16. The van der Waals surface area contributed by atoms with Crippen molar-refractivity contribution < 1.29 is 9.47 Å². The van der Waals surface area contributed by atoms with Crippen LogP contribution in [0.25, 0.3) is 0 Å². The number of nitrogens with zero attached hydrogens (tertiary/aromatic N) is 3. The molecule has 0 aromatic carbocycles. The van der Waals surface area contributed by atoms with Crippen molar-refractivity contribution in [2.75, 3.05) is 31.2 Å². The Morgan fingerprint density at radius 3 is 2.76 bits per heavy atom. The largest absolute Gasteiger partial charge is 0.363 e. The summed E-state index contributed by atoms with van der Waals surface area (Å²) in [5, 5.41) is 8.18. The Hall–Kier alpha value is -0.620. The van der Waals surface area contributed by atoms with Crippen molar-refractivity contribution in [3.05, 3.63) is 16.4 Å². The Labute approximate surface area is 109 Å². The summed E-state index contributed by atoms with van der Waals surface area (Å²) in [7, 11) is 0. The molecule has 0 saturated carbocycles. The molecule has 3 rings (SSSR count). The fourth-order valence-electron chi connectivity index (χ4n) is 2.26. The lowest BCUT2D eigenvalue weighted by molar-refractivity contribution is -0.137. The second kappa shape index (κ2) is 4.24. The summed E-state index contributed by atoms with van der Waals surface area (Å²) in [5.74, 6) is -0.473. The molecule has 0 N–H and O–H groups in total. The van der Waals surface area contributed by atoms with E-state index in [1.807, 2.05) is 0 Å². The minimum atomic E-state index is -0.473. The van der Waals surface area contributed by atoms with Gasteiger partial charge in [0.2, 0.25) is 0 Å². The second-order valence-electron chi connectivity index (χ2n) is 4.12. The molecule has 1 aromatic rings. The molecule has 0 amide bonds. The van der Waals surface area contributed by atoms with E-state index in [9.17, 15) is 0 Å². The first-order chi connectivity index (χ1) is 8.19. The Bertz CT molecular complexity index is 438. The maximum atomic E-state index is 6.02. The van der Waals surface area contributed by atoms with Crippen molar-refractivity contribution in [2.24, 2.45) is 0 Å². The van der Waals surface area contributed by atoms with E-state index in [1.54, 1.807) is 6.07 Å². The highest BCUT2D eigenvalue weighted by Gasteiger charge is 2.43. The number of hydrogen-bond acceptors (Lipinski definition) is 5. The molecule has 0 atom stereocenters. The van der Waals surface area contributed by atoms with Crippen molar-refractivity contribution in [1.29, 1.82) is 0 Å². The minimum absolute atomic E-state index is 0.332. The zero-order valence-corrected chi connectivity index (χ0v) is 10.5. The molecule has 2 saturated heterocycles. The summed E-state index contributed by atoms with van der Waals surface area (Å²) in [6.45, 7) is 2.75. The number of halogens is 2. The fourth-order valence-corrected chi connectivity index (χ4v) is 2.61. The standard InChI is InChI=1S/C10H11Cl2N3O2/c11-8-5-7(9(12)14-13-8)15-2-1-10(6-15)16-3-4-17-10/h5H,1-4,6H2. The van der Waals surface area contributed by atoms with Crippen LogP contribution < -0.4 is 4.90 Å². The van der Waals surface area contributed by atoms with Crippen LogP contribution >= 0.6 is 23.2 Å². The van der Waals surface area contributed by atoms with Crippen LogP contribution in [0.3, 0.4) is 0 Å². The van der Waals surface area contributed by atoms with Crippen LogP contribution in [-0.2, 0) is 9.47 Å². The van der Waals surface area contributed by atoms with Gasteiger partial charge in [-0.05, 0) is 0 Å². The van der Waals surface area contributed by atoms with E-state index in [2.05, 4.69) is 15.1 Å². The number of hydrogen-bond donors (Lipinski definition) is 0. The number of rotatable bonds is 1. The predicted octanol–water partition coefficient (Wildman–Crippen LogP) is 1.74. The van der Waals surface area contributed by atoms with Gasteiger partial charge >= 0.3 is 0 Å². The quantitative estimate of drug-likeness (QED) is 0.781. The van der Waals surface area contributed by atoms with E-state index in [-0.39, 0.29) is 0 Å². The Kier molecular flexibility index (Phi) is 2.86. The van der Waals surface area contributed by atoms with Crippen LogP contribution in [0.5, 0.6) is 0 Å². The highest BCUT2D eigenvalue weighted by Crippen LogP contribution is 2.35. The summed E-state index contributed by atoms with van der Waals surface area (Å²) < 4.78 is 11.3. The third-order valence-electron chi connectivity index (χ3n) is 3.05.